The van der Waals surface area contributed by atoms with Crippen LogP contribution in [0.1, 0.15) is 104 Å². The molecule has 3 saturated carbocycles. The summed E-state index contributed by atoms with van der Waals surface area (Å²) < 4.78 is 0. The maximum atomic E-state index is 4.74. The Labute approximate surface area is 191 Å². The number of aromatic nitrogens is 2. The first kappa shape index (κ1) is 21.9. The van der Waals surface area contributed by atoms with E-state index in [-0.39, 0.29) is 0 Å². The van der Waals surface area contributed by atoms with Crippen molar-refractivity contribution in [1.82, 2.24) is 9.97 Å². The Morgan fingerprint density at radius 1 is 0.968 bits per heavy atom. The smallest absolute Gasteiger partial charge is 0.115 e. The highest BCUT2D eigenvalue weighted by Crippen LogP contribution is 2.67. The van der Waals surface area contributed by atoms with E-state index in [9.17, 15) is 0 Å². The van der Waals surface area contributed by atoms with Gasteiger partial charge in [-0.05, 0) is 109 Å². The van der Waals surface area contributed by atoms with Crippen LogP contribution in [0.15, 0.2) is 12.5 Å². The molecule has 0 aliphatic heterocycles. The van der Waals surface area contributed by atoms with E-state index in [0.29, 0.717) is 10.8 Å². The molecule has 4 aliphatic carbocycles. The molecular weight excluding hydrogens is 376 g/mol. The topological polar surface area (TPSA) is 25.8 Å². The fraction of sp³-hybridized carbons (Fsp3) is 0.862. The minimum atomic E-state index is 0.465. The Hall–Kier alpha value is -0.920. The summed E-state index contributed by atoms with van der Waals surface area (Å²) in [6.07, 6.45) is 19.5. The zero-order valence-electron chi connectivity index (χ0n) is 20.9. The summed E-state index contributed by atoms with van der Waals surface area (Å²) in [6.45, 7) is 12.7. The molecule has 31 heavy (non-hydrogen) atoms. The molecule has 3 fully saturated rings. The summed E-state index contributed by atoms with van der Waals surface area (Å²) in [5, 5.41) is 0. The molecule has 0 radical (unpaired) electrons. The van der Waals surface area contributed by atoms with Gasteiger partial charge in [-0.15, -0.1) is 0 Å². The van der Waals surface area contributed by atoms with Crippen molar-refractivity contribution in [2.24, 2.45) is 52.3 Å². The van der Waals surface area contributed by atoms with Crippen LogP contribution in [-0.4, -0.2) is 9.97 Å². The van der Waals surface area contributed by atoms with Gasteiger partial charge in [-0.25, -0.2) is 9.97 Å². The predicted octanol–water partition coefficient (Wildman–Crippen LogP) is 7.51. The summed E-state index contributed by atoms with van der Waals surface area (Å²) in [4.78, 5) is 9.08. The zero-order valence-corrected chi connectivity index (χ0v) is 20.9. The quantitative estimate of drug-likeness (QED) is 0.490. The maximum Gasteiger partial charge on any atom is 0.115 e. The second-order valence-corrected chi connectivity index (χ2v) is 13.1. The average Bonchev–Trinajstić information content (AvgIpc) is 3.09. The van der Waals surface area contributed by atoms with Crippen LogP contribution in [0.5, 0.6) is 0 Å². The van der Waals surface area contributed by atoms with E-state index < -0.39 is 0 Å². The standard InChI is InChI=1S/C29H46N2/c1-19(2)7-6-8-20(3)24-11-12-25-23-10-9-22-15-21-17-30-18-31-27(21)16-29(22,5)26(23)13-14-28(24,25)4/h17-20,22-26H,6-16H2,1-5H3/t20-,22+,23+,24-,25+,26+,28-,29+/m1/s1. The molecule has 1 aromatic rings. The highest BCUT2D eigenvalue weighted by molar-refractivity contribution is 5.25. The van der Waals surface area contributed by atoms with E-state index in [1.807, 2.05) is 0 Å². The van der Waals surface area contributed by atoms with E-state index >= 15 is 0 Å². The Balaban J connectivity index is 1.33. The largest absolute Gasteiger partial charge is 0.245 e. The zero-order chi connectivity index (χ0) is 21.8. The molecule has 0 spiro atoms. The minimum absolute atomic E-state index is 0.465. The molecule has 5 rings (SSSR count). The van der Waals surface area contributed by atoms with Crippen LogP contribution in [0.4, 0.5) is 0 Å². The maximum absolute atomic E-state index is 4.74. The first-order valence-electron chi connectivity index (χ1n) is 13.6. The van der Waals surface area contributed by atoms with Gasteiger partial charge in [0.15, 0.2) is 0 Å². The summed E-state index contributed by atoms with van der Waals surface area (Å²) >= 11 is 0. The SMILES string of the molecule is CC(C)CCC[C@@H](C)[C@H]1CC[C@H]2[C@@H]3CC[C@H]4Cc5cncnc5C[C@]4(C)[C@H]3CC[C@]12C. The van der Waals surface area contributed by atoms with Crippen molar-refractivity contribution >= 4 is 0 Å². The number of hydrogen-bond acceptors (Lipinski definition) is 2. The van der Waals surface area contributed by atoms with E-state index in [1.54, 1.807) is 6.33 Å². The monoisotopic (exact) mass is 422 g/mol. The molecule has 0 amide bonds. The van der Waals surface area contributed by atoms with Crippen LogP contribution in [0.25, 0.3) is 0 Å². The molecule has 1 heterocycles. The third kappa shape index (κ3) is 3.59. The first-order chi connectivity index (χ1) is 14.8. The number of rotatable bonds is 5. The van der Waals surface area contributed by atoms with Crippen LogP contribution in [0, 0.1) is 52.3 Å². The lowest BCUT2D eigenvalue weighted by atomic mass is 9.44. The van der Waals surface area contributed by atoms with Crippen LogP contribution >= 0.6 is 0 Å². The first-order valence-corrected chi connectivity index (χ1v) is 13.6. The predicted molar refractivity (Wildman–Crippen MR) is 129 cm³/mol. The molecule has 2 heteroatoms. The van der Waals surface area contributed by atoms with Crippen LogP contribution in [0.3, 0.4) is 0 Å². The molecule has 0 bridgehead atoms. The van der Waals surface area contributed by atoms with Crippen molar-refractivity contribution in [3.8, 4) is 0 Å². The lowest BCUT2D eigenvalue weighted by molar-refractivity contribution is -0.104. The molecule has 0 N–H and O–H groups in total. The Morgan fingerprint density at radius 3 is 2.58 bits per heavy atom. The Bertz CT molecular complexity index is 787. The van der Waals surface area contributed by atoms with Crippen LogP contribution in [-0.2, 0) is 12.8 Å². The minimum Gasteiger partial charge on any atom is -0.245 e. The van der Waals surface area contributed by atoms with Crippen molar-refractivity contribution in [2.75, 3.05) is 0 Å². The van der Waals surface area contributed by atoms with Crippen molar-refractivity contribution in [2.45, 2.75) is 105 Å². The molecule has 1 aromatic heterocycles. The van der Waals surface area contributed by atoms with E-state index in [2.05, 4.69) is 45.8 Å². The summed E-state index contributed by atoms with van der Waals surface area (Å²) in [5.41, 5.74) is 3.88. The van der Waals surface area contributed by atoms with Gasteiger partial charge >= 0.3 is 0 Å². The van der Waals surface area contributed by atoms with Gasteiger partial charge in [-0.2, -0.15) is 0 Å². The fourth-order valence-corrected chi connectivity index (χ4v) is 9.51. The van der Waals surface area contributed by atoms with Gasteiger partial charge in [0.25, 0.3) is 0 Å². The second-order valence-electron chi connectivity index (χ2n) is 13.1. The lowest BCUT2D eigenvalue weighted by Gasteiger charge is -2.60. The fourth-order valence-electron chi connectivity index (χ4n) is 9.51. The van der Waals surface area contributed by atoms with Crippen molar-refractivity contribution in [3.05, 3.63) is 23.8 Å². The third-order valence-corrected chi connectivity index (χ3v) is 11.2. The number of nitrogens with zero attached hydrogens (tertiary/aromatic N) is 2. The molecule has 4 aliphatic rings. The Morgan fingerprint density at radius 2 is 1.77 bits per heavy atom. The molecule has 8 atom stereocenters. The van der Waals surface area contributed by atoms with Crippen molar-refractivity contribution in [3.63, 3.8) is 0 Å². The van der Waals surface area contributed by atoms with Crippen LogP contribution in [0.2, 0.25) is 0 Å². The highest BCUT2D eigenvalue weighted by atomic mass is 14.8. The highest BCUT2D eigenvalue weighted by Gasteiger charge is 2.60. The molecule has 0 unspecified atom stereocenters. The second kappa shape index (κ2) is 8.14. The average molecular weight is 423 g/mol. The molecule has 172 valence electrons. The lowest BCUT2D eigenvalue weighted by Crippen LogP contribution is -2.54. The van der Waals surface area contributed by atoms with E-state index in [4.69, 9.17) is 4.98 Å². The van der Waals surface area contributed by atoms with Crippen LogP contribution < -0.4 is 0 Å². The molecule has 0 saturated heterocycles. The summed E-state index contributed by atoms with van der Waals surface area (Å²) in [5.74, 6) is 6.46. The number of hydrogen-bond donors (Lipinski definition) is 0. The van der Waals surface area contributed by atoms with Gasteiger partial charge in [0.1, 0.15) is 6.33 Å². The van der Waals surface area contributed by atoms with Gasteiger partial charge in [0, 0.05) is 11.9 Å². The summed E-state index contributed by atoms with van der Waals surface area (Å²) in [6, 6.07) is 0. The van der Waals surface area contributed by atoms with Gasteiger partial charge in [0.2, 0.25) is 0 Å². The van der Waals surface area contributed by atoms with E-state index in [1.165, 1.54) is 81.9 Å². The molecule has 2 nitrogen and oxygen atoms in total. The van der Waals surface area contributed by atoms with E-state index in [0.717, 1.165) is 41.4 Å². The van der Waals surface area contributed by atoms with Gasteiger partial charge < -0.3 is 0 Å². The normalized spacial score (nSPS) is 42.5. The molecule has 0 aromatic carbocycles. The van der Waals surface area contributed by atoms with Gasteiger partial charge in [-0.1, -0.05) is 53.9 Å². The van der Waals surface area contributed by atoms with Gasteiger partial charge in [-0.3, -0.25) is 0 Å². The third-order valence-electron chi connectivity index (χ3n) is 11.2. The Kier molecular flexibility index (Phi) is 5.75. The summed E-state index contributed by atoms with van der Waals surface area (Å²) in [7, 11) is 0. The molecular formula is C29H46N2. The van der Waals surface area contributed by atoms with Crippen molar-refractivity contribution < 1.29 is 0 Å². The van der Waals surface area contributed by atoms with Crippen molar-refractivity contribution in [1.29, 1.82) is 0 Å². The number of fused-ring (bicyclic) bond motifs is 6. The van der Waals surface area contributed by atoms with Gasteiger partial charge in [0.05, 0.1) is 0 Å².